The Hall–Kier alpha value is -1.65. The Morgan fingerprint density at radius 1 is 1.21 bits per heavy atom. The van der Waals surface area contributed by atoms with Gasteiger partial charge in [0.25, 0.3) is 0 Å². The minimum atomic E-state index is -3.76. The van der Waals surface area contributed by atoms with Gasteiger partial charge < -0.3 is 4.42 Å². The van der Waals surface area contributed by atoms with Crippen LogP contribution in [0.5, 0.6) is 0 Å². The van der Waals surface area contributed by atoms with Crippen molar-refractivity contribution in [2.24, 2.45) is 0 Å². The molecule has 1 saturated heterocycles. The molecule has 0 spiro atoms. The molecule has 0 amide bonds. The number of H-pyrrole nitrogens is 1. The van der Waals surface area contributed by atoms with E-state index in [2.05, 4.69) is 4.98 Å². The molecule has 0 atom stereocenters. The fourth-order valence-electron chi connectivity index (χ4n) is 2.90. The van der Waals surface area contributed by atoms with E-state index >= 15 is 0 Å². The van der Waals surface area contributed by atoms with Crippen molar-refractivity contribution in [3.63, 3.8) is 0 Å². The number of aromatic nitrogens is 1. The van der Waals surface area contributed by atoms with E-state index in [9.17, 15) is 21.6 Å². The van der Waals surface area contributed by atoms with E-state index in [-0.39, 0.29) is 42.2 Å². The highest BCUT2D eigenvalue weighted by Gasteiger charge is 2.34. The first kappa shape index (κ1) is 17.2. The molecule has 10 heteroatoms. The lowest BCUT2D eigenvalue weighted by Gasteiger charge is -2.30. The van der Waals surface area contributed by atoms with Gasteiger partial charge >= 0.3 is 5.76 Å². The highest BCUT2D eigenvalue weighted by atomic mass is 32.2. The number of hydrogen-bond donors (Lipinski definition) is 1. The maximum Gasteiger partial charge on any atom is 0.417 e. The standard InChI is InChI=1S/C14H18N2O6S2/c1-2-23(18,19)10-5-7-16(8-6-10)24(20,21)11-3-4-12-13(9-11)22-14(17)15-12/h3-4,9-10H,2,5-8H2,1H3,(H,15,17). The quantitative estimate of drug-likeness (QED) is 0.842. The van der Waals surface area contributed by atoms with Crippen LogP contribution in [0.4, 0.5) is 0 Å². The van der Waals surface area contributed by atoms with Gasteiger partial charge in [0.05, 0.1) is 15.7 Å². The van der Waals surface area contributed by atoms with Gasteiger partial charge in [-0.3, -0.25) is 4.98 Å². The lowest BCUT2D eigenvalue weighted by Crippen LogP contribution is -2.42. The number of oxazole rings is 1. The van der Waals surface area contributed by atoms with Gasteiger partial charge in [-0.05, 0) is 25.0 Å². The normalized spacial score (nSPS) is 18.2. The summed E-state index contributed by atoms with van der Waals surface area (Å²) in [7, 11) is -6.91. The molecule has 0 bridgehead atoms. The Bertz CT molecular complexity index is 1010. The van der Waals surface area contributed by atoms with Crippen molar-refractivity contribution in [3.8, 4) is 0 Å². The first-order chi connectivity index (χ1) is 11.2. The number of benzene rings is 1. The molecule has 132 valence electrons. The van der Waals surface area contributed by atoms with Gasteiger partial charge in [-0.15, -0.1) is 0 Å². The zero-order valence-corrected chi connectivity index (χ0v) is 14.7. The van der Waals surface area contributed by atoms with Crippen molar-refractivity contribution in [3.05, 3.63) is 28.7 Å². The molecule has 0 radical (unpaired) electrons. The number of aromatic amines is 1. The van der Waals surface area contributed by atoms with Crippen LogP contribution >= 0.6 is 0 Å². The fraction of sp³-hybridized carbons (Fsp3) is 0.500. The number of nitrogens with zero attached hydrogens (tertiary/aromatic N) is 1. The average Bonchev–Trinajstić information content (AvgIpc) is 2.94. The minimum absolute atomic E-state index is 0.0227. The predicted molar refractivity (Wildman–Crippen MR) is 88.1 cm³/mol. The highest BCUT2D eigenvalue weighted by Crippen LogP contribution is 2.25. The summed E-state index contributed by atoms with van der Waals surface area (Å²) in [4.78, 5) is 13.6. The molecular formula is C14H18N2O6S2. The van der Waals surface area contributed by atoms with Crippen molar-refractivity contribution in [1.82, 2.24) is 9.29 Å². The summed E-state index contributed by atoms with van der Waals surface area (Å²) in [6, 6.07) is 4.18. The van der Waals surface area contributed by atoms with Crippen LogP contribution < -0.4 is 5.76 Å². The summed E-state index contributed by atoms with van der Waals surface area (Å²) in [5.74, 6) is -0.585. The topological polar surface area (TPSA) is 118 Å². The predicted octanol–water partition coefficient (Wildman–Crippen LogP) is 0.709. The molecule has 0 unspecified atom stereocenters. The minimum Gasteiger partial charge on any atom is -0.408 e. The van der Waals surface area contributed by atoms with Gasteiger partial charge in [0.1, 0.15) is 0 Å². The van der Waals surface area contributed by atoms with Crippen molar-refractivity contribution < 1.29 is 21.3 Å². The third-order valence-corrected chi connectivity index (χ3v) is 8.53. The third kappa shape index (κ3) is 3.01. The van der Waals surface area contributed by atoms with E-state index in [0.717, 1.165) is 0 Å². The number of rotatable bonds is 4. The van der Waals surface area contributed by atoms with Crippen LogP contribution in [-0.4, -0.2) is 50.2 Å². The van der Waals surface area contributed by atoms with Crippen LogP contribution in [0.1, 0.15) is 19.8 Å². The van der Waals surface area contributed by atoms with Gasteiger partial charge in [-0.1, -0.05) is 6.92 Å². The van der Waals surface area contributed by atoms with Crippen LogP contribution in [-0.2, 0) is 19.9 Å². The van der Waals surface area contributed by atoms with Gasteiger partial charge in [-0.25, -0.2) is 21.6 Å². The number of fused-ring (bicyclic) bond motifs is 1. The molecule has 0 saturated carbocycles. The van der Waals surface area contributed by atoms with E-state index in [1.54, 1.807) is 6.92 Å². The highest BCUT2D eigenvalue weighted by molar-refractivity contribution is 7.92. The first-order valence-corrected chi connectivity index (χ1v) is 10.7. The summed E-state index contributed by atoms with van der Waals surface area (Å²) in [6.45, 7) is 1.90. The number of sulfone groups is 1. The number of sulfonamides is 1. The summed E-state index contributed by atoms with van der Waals surface area (Å²) in [5.41, 5.74) is 0.594. The summed E-state index contributed by atoms with van der Waals surface area (Å²) in [6.07, 6.45) is 0.577. The summed E-state index contributed by atoms with van der Waals surface area (Å²) < 4.78 is 55.4. The number of piperidine rings is 1. The van der Waals surface area contributed by atoms with Crippen LogP contribution in [0, 0.1) is 0 Å². The lowest BCUT2D eigenvalue weighted by molar-refractivity contribution is 0.345. The number of hydrogen-bond acceptors (Lipinski definition) is 6. The molecule has 2 heterocycles. The summed E-state index contributed by atoms with van der Waals surface area (Å²) in [5, 5.41) is -0.487. The molecule has 2 aromatic rings. The number of nitrogens with one attached hydrogen (secondary N) is 1. The largest absolute Gasteiger partial charge is 0.417 e. The van der Waals surface area contributed by atoms with Crippen molar-refractivity contribution in [2.45, 2.75) is 29.9 Å². The SMILES string of the molecule is CCS(=O)(=O)C1CCN(S(=O)(=O)c2ccc3[nH]c(=O)oc3c2)CC1. The maximum absolute atomic E-state index is 12.7. The first-order valence-electron chi connectivity index (χ1n) is 7.58. The average molecular weight is 374 g/mol. The molecule has 1 aliphatic rings. The molecule has 1 aromatic carbocycles. The molecule has 1 fully saturated rings. The van der Waals surface area contributed by atoms with E-state index in [1.165, 1.54) is 22.5 Å². The maximum atomic E-state index is 12.7. The lowest BCUT2D eigenvalue weighted by atomic mass is 10.2. The zero-order chi connectivity index (χ0) is 17.5. The Labute approximate surface area is 139 Å². The second-order valence-electron chi connectivity index (χ2n) is 5.73. The van der Waals surface area contributed by atoms with Crippen LogP contribution in [0.25, 0.3) is 11.1 Å². The van der Waals surface area contributed by atoms with Crippen LogP contribution in [0.15, 0.2) is 32.3 Å². The molecular weight excluding hydrogens is 356 g/mol. The van der Waals surface area contributed by atoms with Gasteiger partial charge in [-0.2, -0.15) is 4.31 Å². The van der Waals surface area contributed by atoms with E-state index in [0.29, 0.717) is 5.52 Å². The van der Waals surface area contributed by atoms with Gasteiger partial charge in [0, 0.05) is 24.9 Å². The fourth-order valence-corrected chi connectivity index (χ4v) is 5.79. The van der Waals surface area contributed by atoms with Gasteiger partial charge in [0.2, 0.25) is 10.0 Å². The molecule has 24 heavy (non-hydrogen) atoms. The molecule has 1 N–H and O–H groups in total. The Kier molecular flexibility index (Phi) is 4.30. The van der Waals surface area contributed by atoms with Crippen LogP contribution in [0.2, 0.25) is 0 Å². The smallest absolute Gasteiger partial charge is 0.408 e. The monoisotopic (exact) mass is 374 g/mol. The second-order valence-corrected chi connectivity index (χ2v) is 10.2. The molecule has 1 aromatic heterocycles. The zero-order valence-electron chi connectivity index (χ0n) is 13.1. The van der Waals surface area contributed by atoms with E-state index in [4.69, 9.17) is 4.42 Å². The molecule has 8 nitrogen and oxygen atoms in total. The molecule has 3 rings (SSSR count). The Morgan fingerprint density at radius 2 is 1.88 bits per heavy atom. The van der Waals surface area contributed by atoms with E-state index < -0.39 is 30.9 Å². The molecule has 1 aliphatic heterocycles. The Morgan fingerprint density at radius 3 is 2.50 bits per heavy atom. The third-order valence-electron chi connectivity index (χ3n) is 4.34. The summed E-state index contributed by atoms with van der Waals surface area (Å²) >= 11 is 0. The molecule has 0 aliphatic carbocycles. The van der Waals surface area contributed by atoms with E-state index in [1.807, 2.05) is 0 Å². The van der Waals surface area contributed by atoms with Crippen LogP contribution in [0.3, 0.4) is 0 Å². The Balaban J connectivity index is 1.84. The van der Waals surface area contributed by atoms with Crippen molar-refractivity contribution >= 4 is 31.0 Å². The second kappa shape index (κ2) is 6.01. The van der Waals surface area contributed by atoms with Crippen molar-refractivity contribution in [2.75, 3.05) is 18.8 Å². The van der Waals surface area contributed by atoms with Gasteiger partial charge in [0.15, 0.2) is 15.4 Å². The van der Waals surface area contributed by atoms with Crippen molar-refractivity contribution in [1.29, 1.82) is 0 Å².